The highest BCUT2D eigenvalue weighted by Crippen LogP contribution is 1.88. The van der Waals surface area contributed by atoms with E-state index in [1.54, 1.807) is 0 Å². The minimum atomic E-state index is -2.09. The average Bonchev–Trinajstić information content (AvgIpc) is 1.65. The number of aliphatic imine (C=N–C) groups is 1. The Labute approximate surface area is 44.7 Å². The lowest BCUT2D eigenvalue weighted by atomic mass is 10.8. The Bertz CT molecular complexity index is 92.9. The SMILES string of the molecule is C=NC(C)S(=O)[O-]. The highest BCUT2D eigenvalue weighted by atomic mass is 32.2. The lowest BCUT2D eigenvalue weighted by Gasteiger charge is -2.06. The van der Waals surface area contributed by atoms with E-state index in [2.05, 4.69) is 11.7 Å². The van der Waals surface area contributed by atoms with Crippen LogP contribution in [0.15, 0.2) is 4.99 Å². The summed E-state index contributed by atoms with van der Waals surface area (Å²) in [4.78, 5) is 3.23. The number of nitrogens with zero attached hydrogens (tertiary/aromatic N) is 1. The monoisotopic (exact) mass is 120 g/mol. The Morgan fingerprint density at radius 1 is 2.00 bits per heavy atom. The summed E-state index contributed by atoms with van der Waals surface area (Å²) in [6.07, 6.45) is 0. The van der Waals surface area contributed by atoms with E-state index in [-0.39, 0.29) is 0 Å². The van der Waals surface area contributed by atoms with Crippen molar-refractivity contribution in [1.29, 1.82) is 0 Å². The molecule has 0 bridgehead atoms. The molecule has 2 atom stereocenters. The van der Waals surface area contributed by atoms with Gasteiger partial charge in [-0.15, -0.1) is 0 Å². The fourth-order valence-corrected chi connectivity index (χ4v) is 0.183. The fourth-order valence-electron chi connectivity index (χ4n) is 0.0609. The van der Waals surface area contributed by atoms with Gasteiger partial charge in [0, 0.05) is 0 Å². The van der Waals surface area contributed by atoms with Crippen molar-refractivity contribution < 1.29 is 8.76 Å². The summed E-state index contributed by atoms with van der Waals surface area (Å²) >= 11 is -2.09. The minimum absolute atomic E-state index is 0.667. The Balaban J connectivity index is 3.55. The van der Waals surface area contributed by atoms with Gasteiger partial charge in [0.25, 0.3) is 0 Å². The van der Waals surface area contributed by atoms with Crippen molar-refractivity contribution in [2.75, 3.05) is 0 Å². The molecule has 7 heavy (non-hydrogen) atoms. The highest BCUT2D eigenvalue weighted by molar-refractivity contribution is 7.79. The van der Waals surface area contributed by atoms with Gasteiger partial charge in [0.15, 0.2) is 0 Å². The molecule has 0 amide bonds. The van der Waals surface area contributed by atoms with E-state index < -0.39 is 16.5 Å². The first-order chi connectivity index (χ1) is 3.18. The predicted molar refractivity (Wildman–Crippen MR) is 27.9 cm³/mol. The van der Waals surface area contributed by atoms with E-state index in [4.69, 9.17) is 0 Å². The van der Waals surface area contributed by atoms with Gasteiger partial charge in [-0.2, -0.15) is 0 Å². The van der Waals surface area contributed by atoms with Gasteiger partial charge in [0.05, 0.1) is 0 Å². The van der Waals surface area contributed by atoms with E-state index >= 15 is 0 Å². The zero-order valence-corrected chi connectivity index (χ0v) is 4.77. The molecule has 0 fully saturated rings. The van der Waals surface area contributed by atoms with Gasteiger partial charge in [-0.25, -0.2) is 0 Å². The molecule has 0 saturated carbocycles. The molecule has 0 N–H and O–H groups in total. The summed E-state index contributed by atoms with van der Waals surface area (Å²) in [6.45, 7) is 4.49. The van der Waals surface area contributed by atoms with Crippen LogP contribution in [0, 0.1) is 0 Å². The number of hydrogen-bond donors (Lipinski definition) is 0. The summed E-state index contributed by atoms with van der Waals surface area (Å²) in [5.74, 6) is 0. The molecule has 0 radical (unpaired) electrons. The molecule has 4 heteroatoms. The standard InChI is InChI=1S/C3H7NO2S/c1-3(4-2)7(5)6/h3H,2H2,1H3,(H,5,6)/p-1. The second-order valence-electron chi connectivity index (χ2n) is 1.04. The quantitative estimate of drug-likeness (QED) is 0.378. The normalized spacial score (nSPS) is 18.0. The van der Waals surface area contributed by atoms with Gasteiger partial charge in [0.1, 0.15) is 5.37 Å². The van der Waals surface area contributed by atoms with Gasteiger partial charge in [-0.1, -0.05) is 0 Å². The van der Waals surface area contributed by atoms with Crippen LogP contribution < -0.4 is 0 Å². The lowest BCUT2D eigenvalue weighted by molar-refractivity contribution is 0.527. The molecule has 0 aliphatic rings. The zero-order valence-electron chi connectivity index (χ0n) is 3.96. The maximum Gasteiger partial charge on any atom is 0.108 e. The third-order valence-corrected chi connectivity index (χ3v) is 1.24. The number of hydrogen-bond acceptors (Lipinski definition) is 3. The Morgan fingerprint density at radius 2 is 2.43 bits per heavy atom. The van der Waals surface area contributed by atoms with Crippen LogP contribution in [0.2, 0.25) is 0 Å². The molecule has 0 spiro atoms. The van der Waals surface area contributed by atoms with Crippen molar-refractivity contribution in [2.24, 2.45) is 4.99 Å². The molecule has 0 aromatic carbocycles. The fraction of sp³-hybridized carbons (Fsp3) is 0.667. The van der Waals surface area contributed by atoms with Crippen LogP contribution in [-0.4, -0.2) is 20.9 Å². The van der Waals surface area contributed by atoms with Gasteiger partial charge >= 0.3 is 0 Å². The summed E-state index contributed by atoms with van der Waals surface area (Å²) < 4.78 is 19.6. The first kappa shape index (κ1) is 6.78. The Kier molecular flexibility index (Phi) is 2.78. The molecule has 0 saturated heterocycles. The van der Waals surface area contributed by atoms with Crippen LogP contribution in [0.25, 0.3) is 0 Å². The molecule has 0 aliphatic carbocycles. The molecule has 3 nitrogen and oxygen atoms in total. The van der Waals surface area contributed by atoms with Crippen molar-refractivity contribution in [2.45, 2.75) is 12.3 Å². The van der Waals surface area contributed by atoms with Crippen LogP contribution in [-0.2, 0) is 11.1 Å². The molecular weight excluding hydrogens is 114 g/mol. The van der Waals surface area contributed by atoms with Crippen molar-refractivity contribution in [3.05, 3.63) is 0 Å². The highest BCUT2D eigenvalue weighted by Gasteiger charge is 1.90. The van der Waals surface area contributed by atoms with Crippen LogP contribution in [0.5, 0.6) is 0 Å². The predicted octanol–water partition coefficient (Wildman–Crippen LogP) is -0.0879. The van der Waals surface area contributed by atoms with E-state index in [0.717, 1.165) is 0 Å². The molecule has 2 unspecified atom stereocenters. The first-order valence-corrected chi connectivity index (χ1v) is 2.86. The topological polar surface area (TPSA) is 52.5 Å². The zero-order chi connectivity index (χ0) is 5.86. The number of rotatable bonds is 2. The summed E-state index contributed by atoms with van der Waals surface area (Å²) in [5.41, 5.74) is 0. The van der Waals surface area contributed by atoms with Crippen molar-refractivity contribution in [3.8, 4) is 0 Å². The molecule has 0 aliphatic heterocycles. The summed E-state index contributed by atoms with van der Waals surface area (Å²) in [6, 6.07) is 0. The van der Waals surface area contributed by atoms with E-state index in [1.165, 1.54) is 6.92 Å². The minimum Gasteiger partial charge on any atom is -0.771 e. The van der Waals surface area contributed by atoms with Crippen LogP contribution in [0.3, 0.4) is 0 Å². The molecule has 0 rings (SSSR count). The van der Waals surface area contributed by atoms with Crippen LogP contribution in [0.4, 0.5) is 0 Å². The Morgan fingerprint density at radius 3 is 2.43 bits per heavy atom. The summed E-state index contributed by atoms with van der Waals surface area (Å²) in [5, 5.41) is -0.667. The largest absolute Gasteiger partial charge is 0.771 e. The van der Waals surface area contributed by atoms with Gasteiger partial charge in [-0.05, 0) is 24.7 Å². The third kappa shape index (κ3) is 2.47. The smallest absolute Gasteiger partial charge is 0.108 e. The van der Waals surface area contributed by atoms with Crippen molar-refractivity contribution in [1.82, 2.24) is 0 Å². The van der Waals surface area contributed by atoms with Crippen LogP contribution in [0.1, 0.15) is 6.92 Å². The maximum absolute atomic E-state index is 9.80. The molecule has 0 aromatic rings. The van der Waals surface area contributed by atoms with Gasteiger partial charge in [-0.3, -0.25) is 9.20 Å². The second-order valence-corrected chi connectivity index (χ2v) is 2.25. The third-order valence-electron chi connectivity index (χ3n) is 0.536. The maximum atomic E-state index is 9.80. The van der Waals surface area contributed by atoms with E-state index in [9.17, 15) is 8.76 Å². The second kappa shape index (κ2) is 2.87. The molecule has 0 heterocycles. The van der Waals surface area contributed by atoms with Gasteiger partial charge < -0.3 is 4.55 Å². The average molecular weight is 120 g/mol. The van der Waals surface area contributed by atoms with E-state index in [1.807, 2.05) is 0 Å². The van der Waals surface area contributed by atoms with Crippen molar-refractivity contribution >= 4 is 17.8 Å². The molecule has 42 valence electrons. The molecule has 0 aromatic heterocycles. The summed E-state index contributed by atoms with van der Waals surface area (Å²) in [7, 11) is 0. The van der Waals surface area contributed by atoms with E-state index in [0.29, 0.717) is 0 Å². The Hall–Kier alpha value is -0.220. The van der Waals surface area contributed by atoms with Crippen molar-refractivity contribution in [3.63, 3.8) is 0 Å². The van der Waals surface area contributed by atoms with Crippen LogP contribution >= 0.6 is 0 Å². The molecular formula is C3H6NO2S-. The first-order valence-electron chi connectivity index (χ1n) is 1.72. The lowest BCUT2D eigenvalue weighted by Crippen LogP contribution is -2.04. The van der Waals surface area contributed by atoms with Gasteiger partial charge in [0.2, 0.25) is 0 Å².